The van der Waals surface area contributed by atoms with Crippen molar-refractivity contribution in [2.45, 2.75) is 50.5 Å². The average Bonchev–Trinajstić information content (AvgIpc) is 2.41. The lowest BCUT2D eigenvalue weighted by Crippen LogP contribution is -2.40. The zero-order valence-corrected chi connectivity index (χ0v) is 14.0. The van der Waals surface area contributed by atoms with Gasteiger partial charge in [0, 0.05) is 11.1 Å². The fourth-order valence-corrected chi connectivity index (χ4v) is 3.66. The van der Waals surface area contributed by atoms with Crippen LogP contribution in [0.4, 0.5) is 0 Å². The number of thioether (sulfide) groups is 1. The monoisotopic (exact) mass is 311 g/mol. The van der Waals surface area contributed by atoms with E-state index in [1.165, 1.54) is 56.4 Å². The highest BCUT2D eigenvalue weighted by molar-refractivity contribution is 7.98. The topological polar surface area (TPSA) is 12.0 Å². The maximum absolute atomic E-state index is 6.24. The fraction of sp³-hybridized carbons (Fsp3) is 0.647. The molecule has 20 heavy (non-hydrogen) atoms. The van der Waals surface area contributed by atoms with Crippen LogP contribution in [0.15, 0.2) is 24.3 Å². The molecule has 1 nitrogen and oxygen atoms in total. The highest BCUT2D eigenvalue weighted by atomic mass is 35.5. The van der Waals surface area contributed by atoms with Crippen LogP contribution < -0.4 is 5.32 Å². The van der Waals surface area contributed by atoms with Crippen molar-refractivity contribution in [1.29, 1.82) is 0 Å². The maximum atomic E-state index is 6.24. The quantitative estimate of drug-likeness (QED) is 0.637. The molecule has 1 aromatic rings. The van der Waals surface area contributed by atoms with Crippen molar-refractivity contribution in [2.24, 2.45) is 0 Å². The molecular formula is C17H26ClNS. The van der Waals surface area contributed by atoms with Gasteiger partial charge in [-0.3, -0.25) is 0 Å². The second-order valence-electron chi connectivity index (χ2n) is 5.75. The zero-order valence-electron chi connectivity index (χ0n) is 12.4. The Hall–Kier alpha value is -0.180. The normalized spacial score (nSPS) is 21.7. The molecule has 0 atom stereocenters. The van der Waals surface area contributed by atoms with Crippen molar-refractivity contribution in [3.8, 4) is 0 Å². The van der Waals surface area contributed by atoms with E-state index < -0.39 is 0 Å². The third kappa shape index (κ3) is 4.98. The SMILES string of the molecule is CSCCCCCCNC1CC(c2ccccc2Cl)C1. The first-order valence-corrected chi connectivity index (χ1v) is 9.55. The van der Waals surface area contributed by atoms with E-state index >= 15 is 0 Å². The molecule has 1 aliphatic rings. The van der Waals surface area contributed by atoms with Gasteiger partial charge in [0.15, 0.2) is 0 Å². The largest absolute Gasteiger partial charge is 0.314 e. The van der Waals surface area contributed by atoms with Gasteiger partial charge in [-0.25, -0.2) is 0 Å². The molecule has 0 amide bonds. The summed E-state index contributed by atoms with van der Waals surface area (Å²) in [6, 6.07) is 9.00. The molecule has 1 aliphatic carbocycles. The Kier molecular flexibility index (Phi) is 7.26. The van der Waals surface area contributed by atoms with E-state index in [1.54, 1.807) is 0 Å². The Labute approximate surface area is 132 Å². The van der Waals surface area contributed by atoms with E-state index in [-0.39, 0.29) is 0 Å². The highest BCUT2D eigenvalue weighted by Crippen LogP contribution is 2.39. The van der Waals surface area contributed by atoms with Gasteiger partial charge in [0.1, 0.15) is 0 Å². The first kappa shape index (κ1) is 16.2. The lowest BCUT2D eigenvalue weighted by atomic mass is 9.76. The van der Waals surface area contributed by atoms with Gasteiger partial charge in [0.2, 0.25) is 0 Å². The van der Waals surface area contributed by atoms with Gasteiger partial charge in [0.25, 0.3) is 0 Å². The Morgan fingerprint density at radius 2 is 1.90 bits per heavy atom. The Bertz CT molecular complexity index is 390. The van der Waals surface area contributed by atoms with Crippen molar-refractivity contribution >= 4 is 23.4 Å². The molecule has 0 radical (unpaired) electrons. The third-order valence-corrected chi connectivity index (χ3v) is 5.23. The molecule has 1 fully saturated rings. The molecule has 0 aromatic heterocycles. The summed E-state index contributed by atoms with van der Waals surface area (Å²) in [5.74, 6) is 1.98. The smallest absolute Gasteiger partial charge is 0.0440 e. The molecular weight excluding hydrogens is 286 g/mol. The second kappa shape index (κ2) is 8.96. The summed E-state index contributed by atoms with van der Waals surface area (Å²) in [7, 11) is 0. The maximum Gasteiger partial charge on any atom is 0.0440 e. The van der Waals surface area contributed by atoms with E-state index in [1.807, 2.05) is 23.9 Å². The number of halogens is 1. The average molecular weight is 312 g/mol. The number of benzene rings is 1. The van der Waals surface area contributed by atoms with Crippen LogP contribution in [0.1, 0.15) is 50.0 Å². The van der Waals surface area contributed by atoms with Crippen LogP contribution >= 0.6 is 23.4 Å². The standard InChI is InChI=1S/C17H26ClNS/c1-20-11-7-3-2-6-10-19-15-12-14(13-15)16-8-4-5-9-17(16)18/h4-5,8-9,14-15,19H,2-3,6-7,10-13H2,1H3. The van der Waals surface area contributed by atoms with Crippen molar-refractivity contribution in [3.63, 3.8) is 0 Å². The summed E-state index contributed by atoms with van der Waals surface area (Å²) < 4.78 is 0. The first-order chi connectivity index (χ1) is 9.81. The summed E-state index contributed by atoms with van der Waals surface area (Å²) in [5.41, 5.74) is 1.34. The Morgan fingerprint density at radius 1 is 1.15 bits per heavy atom. The number of nitrogens with one attached hydrogen (secondary N) is 1. The summed E-state index contributed by atoms with van der Waals surface area (Å²) in [6.45, 7) is 1.18. The van der Waals surface area contributed by atoms with Gasteiger partial charge in [0.05, 0.1) is 0 Å². The van der Waals surface area contributed by atoms with Gasteiger partial charge >= 0.3 is 0 Å². The minimum absolute atomic E-state index is 0.669. The predicted octanol–water partition coefficient (Wildman–Crippen LogP) is 5.10. The van der Waals surface area contributed by atoms with Crippen LogP contribution in [-0.4, -0.2) is 24.6 Å². The van der Waals surface area contributed by atoms with Crippen LogP contribution in [-0.2, 0) is 0 Å². The Morgan fingerprint density at radius 3 is 2.65 bits per heavy atom. The molecule has 0 heterocycles. The summed E-state index contributed by atoms with van der Waals surface area (Å²) >= 11 is 8.20. The minimum atomic E-state index is 0.669. The molecule has 1 N–H and O–H groups in total. The van der Waals surface area contributed by atoms with E-state index in [2.05, 4.69) is 23.7 Å². The number of hydrogen-bond donors (Lipinski definition) is 1. The minimum Gasteiger partial charge on any atom is -0.314 e. The fourth-order valence-electron chi connectivity index (χ4n) is 2.88. The van der Waals surface area contributed by atoms with Crippen LogP contribution in [0.2, 0.25) is 5.02 Å². The molecule has 0 aliphatic heterocycles. The third-order valence-electron chi connectivity index (χ3n) is 4.19. The van der Waals surface area contributed by atoms with Crippen LogP contribution in [0.3, 0.4) is 0 Å². The predicted molar refractivity (Wildman–Crippen MR) is 92.1 cm³/mol. The second-order valence-corrected chi connectivity index (χ2v) is 7.14. The van der Waals surface area contributed by atoms with E-state index in [0.29, 0.717) is 12.0 Å². The van der Waals surface area contributed by atoms with E-state index in [9.17, 15) is 0 Å². The highest BCUT2D eigenvalue weighted by Gasteiger charge is 2.30. The lowest BCUT2D eigenvalue weighted by Gasteiger charge is -2.37. The van der Waals surface area contributed by atoms with Crippen LogP contribution in [0, 0.1) is 0 Å². The van der Waals surface area contributed by atoms with Gasteiger partial charge in [-0.2, -0.15) is 11.8 Å². The van der Waals surface area contributed by atoms with E-state index in [4.69, 9.17) is 11.6 Å². The van der Waals surface area contributed by atoms with Gasteiger partial charge < -0.3 is 5.32 Å². The number of rotatable bonds is 9. The Balaban J connectivity index is 1.53. The van der Waals surface area contributed by atoms with Crippen LogP contribution in [0.25, 0.3) is 0 Å². The molecule has 1 saturated carbocycles. The summed E-state index contributed by atoms with van der Waals surface area (Å²) in [6.07, 6.45) is 10.1. The molecule has 0 bridgehead atoms. The van der Waals surface area contributed by atoms with Crippen molar-refractivity contribution in [2.75, 3.05) is 18.6 Å². The summed E-state index contributed by atoms with van der Waals surface area (Å²) in [4.78, 5) is 0. The molecule has 2 rings (SSSR count). The van der Waals surface area contributed by atoms with E-state index in [0.717, 1.165) is 5.02 Å². The summed E-state index contributed by atoms with van der Waals surface area (Å²) in [5, 5.41) is 4.62. The zero-order chi connectivity index (χ0) is 14.2. The molecule has 3 heteroatoms. The molecule has 0 spiro atoms. The number of unbranched alkanes of at least 4 members (excludes halogenated alkanes) is 3. The van der Waals surface area contributed by atoms with Crippen molar-refractivity contribution in [1.82, 2.24) is 5.32 Å². The van der Waals surface area contributed by atoms with Gasteiger partial charge in [-0.05, 0) is 61.8 Å². The lowest BCUT2D eigenvalue weighted by molar-refractivity contribution is 0.290. The molecule has 0 saturated heterocycles. The van der Waals surface area contributed by atoms with Gasteiger partial charge in [-0.15, -0.1) is 0 Å². The van der Waals surface area contributed by atoms with Crippen molar-refractivity contribution < 1.29 is 0 Å². The molecule has 112 valence electrons. The van der Waals surface area contributed by atoms with Crippen molar-refractivity contribution in [3.05, 3.63) is 34.9 Å². The first-order valence-electron chi connectivity index (χ1n) is 7.78. The molecule has 0 unspecified atom stereocenters. The number of hydrogen-bond acceptors (Lipinski definition) is 2. The van der Waals surface area contributed by atoms with Gasteiger partial charge in [-0.1, -0.05) is 42.6 Å². The molecule has 1 aromatic carbocycles. The van der Waals surface area contributed by atoms with Crippen LogP contribution in [0.5, 0.6) is 0 Å².